The van der Waals surface area contributed by atoms with E-state index in [1.807, 2.05) is 48.5 Å². The Morgan fingerprint density at radius 1 is 1.04 bits per heavy atom. The molecule has 0 aliphatic heterocycles. The Bertz CT molecular complexity index is 855. The van der Waals surface area contributed by atoms with Crippen molar-refractivity contribution in [2.75, 3.05) is 7.11 Å². The molecule has 25 heavy (non-hydrogen) atoms. The molecule has 5 heteroatoms. The minimum Gasteiger partial charge on any atom is -0.465 e. The monoisotopic (exact) mass is 355 g/mol. The Morgan fingerprint density at radius 3 is 2.52 bits per heavy atom. The molecule has 0 atom stereocenters. The highest BCUT2D eigenvalue weighted by molar-refractivity contribution is 6.31. The first-order valence-corrected chi connectivity index (χ1v) is 8.27. The fraction of sp³-hybridized carbons (Fsp3) is 0.150. The van der Waals surface area contributed by atoms with Gasteiger partial charge >= 0.3 is 5.97 Å². The summed E-state index contributed by atoms with van der Waals surface area (Å²) in [7, 11) is 1.37. The zero-order valence-electron chi connectivity index (χ0n) is 13.8. The third-order valence-electron chi connectivity index (χ3n) is 3.82. The van der Waals surface area contributed by atoms with Crippen molar-refractivity contribution in [2.24, 2.45) is 0 Å². The number of esters is 1. The van der Waals surface area contributed by atoms with E-state index in [4.69, 9.17) is 20.8 Å². The molecule has 0 radical (unpaired) electrons. The molecule has 0 spiro atoms. The summed E-state index contributed by atoms with van der Waals surface area (Å²) in [6.07, 6.45) is 0. The molecule has 0 saturated carbocycles. The van der Waals surface area contributed by atoms with E-state index in [0.717, 1.165) is 27.7 Å². The average Bonchev–Trinajstić information content (AvgIpc) is 3.12. The van der Waals surface area contributed by atoms with Gasteiger partial charge in [0.2, 0.25) is 0 Å². The maximum Gasteiger partial charge on any atom is 0.337 e. The van der Waals surface area contributed by atoms with Gasteiger partial charge in [0.1, 0.15) is 11.5 Å². The fourth-order valence-electron chi connectivity index (χ4n) is 2.48. The van der Waals surface area contributed by atoms with Crippen LogP contribution in [-0.4, -0.2) is 13.1 Å². The van der Waals surface area contributed by atoms with Gasteiger partial charge in [-0.15, -0.1) is 0 Å². The molecule has 1 N–H and O–H groups in total. The predicted octanol–water partition coefficient (Wildman–Crippen LogP) is 4.68. The lowest BCUT2D eigenvalue weighted by atomic mass is 10.1. The lowest BCUT2D eigenvalue weighted by Crippen LogP contribution is -2.12. The van der Waals surface area contributed by atoms with Crippen LogP contribution >= 0.6 is 11.6 Å². The van der Waals surface area contributed by atoms with Gasteiger partial charge < -0.3 is 14.5 Å². The molecule has 3 aromatic rings. The van der Waals surface area contributed by atoms with Gasteiger partial charge in [-0.3, -0.25) is 0 Å². The highest BCUT2D eigenvalue weighted by atomic mass is 35.5. The van der Waals surface area contributed by atoms with E-state index in [-0.39, 0.29) is 5.97 Å². The van der Waals surface area contributed by atoms with Gasteiger partial charge in [0.05, 0.1) is 19.2 Å². The topological polar surface area (TPSA) is 51.5 Å². The third-order valence-corrected chi connectivity index (χ3v) is 4.19. The van der Waals surface area contributed by atoms with Crippen LogP contribution in [0.5, 0.6) is 0 Å². The van der Waals surface area contributed by atoms with Crippen molar-refractivity contribution in [1.82, 2.24) is 5.32 Å². The number of carbonyl (C=O) groups excluding carboxylic acids is 1. The van der Waals surface area contributed by atoms with Crippen molar-refractivity contribution >= 4 is 17.6 Å². The van der Waals surface area contributed by atoms with E-state index in [1.165, 1.54) is 7.11 Å². The molecular formula is C20H18ClNO3. The number of hydrogen-bond donors (Lipinski definition) is 1. The fourth-order valence-corrected chi connectivity index (χ4v) is 2.68. The number of carbonyl (C=O) groups is 1. The normalized spacial score (nSPS) is 10.6. The number of ether oxygens (including phenoxy) is 1. The maximum absolute atomic E-state index is 11.5. The largest absolute Gasteiger partial charge is 0.465 e. The third kappa shape index (κ3) is 4.29. The van der Waals surface area contributed by atoms with Gasteiger partial charge in [-0.25, -0.2) is 4.79 Å². The van der Waals surface area contributed by atoms with Crippen molar-refractivity contribution in [3.63, 3.8) is 0 Å². The van der Waals surface area contributed by atoms with Gasteiger partial charge in [-0.2, -0.15) is 0 Å². The van der Waals surface area contributed by atoms with Crippen LogP contribution < -0.4 is 5.32 Å². The molecule has 0 saturated heterocycles. The van der Waals surface area contributed by atoms with Gasteiger partial charge in [0.25, 0.3) is 0 Å². The first kappa shape index (κ1) is 17.3. The quantitative estimate of drug-likeness (QED) is 0.652. The molecule has 128 valence electrons. The number of rotatable bonds is 6. The summed E-state index contributed by atoms with van der Waals surface area (Å²) in [6.45, 7) is 1.27. The maximum atomic E-state index is 11.5. The van der Waals surface area contributed by atoms with Crippen molar-refractivity contribution in [3.05, 3.63) is 82.6 Å². The number of benzene rings is 2. The SMILES string of the molecule is COC(=O)c1ccc(-c2ccc(CNCc3ccccc3Cl)o2)cc1. The number of halogens is 1. The molecule has 0 unspecified atom stereocenters. The van der Waals surface area contributed by atoms with Crippen LogP contribution in [0.4, 0.5) is 0 Å². The Kier molecular flexibility index (Phi) is 5.53. The standard InChI is InChI=1S/C20H18ClNO3/c1-24-20(23)15-8-6-14(7-9-15)19-11-10-17(25-19)13-22-12-16-4-2-3-5-18(16)21/h2-11,22H,12-13H2,1H3. The highest BCUT2D eigenvalue weighted by Gasteiger charge is 2.08. The molecule has 1 heterocycles. The van der Waals surface area contributed by atoms with Crippen molar-refractivity contribution in [3.8, 4) is 11.3 Å². The number of nitrogens with one attached hydrogen (secondary N) is 1. The van der Waals surface area contributed by atoms with Crippen LogP contribution in [0.1, 0.15) is 21.7 Å². The summed E-state index contributed by atoms with van der Waals surface area (Å²) in [5.41, 5.74) is 2.47. The van der Waals surface area contributed by atoms with E-state index < -0.39 is 0 Å². The van der Waals surface area contributed by atoms with Crippen LogP contribution in [-0.2, 0) is 17.8 Å². The lowest BCUT2D eigenvalue weighted by molar-refractivity contribution is 0.0600. The summed E-state index contributed by atoms with van der Waals surface area (Å²) >= 11 is 6.14. The van der Waals surface area contributed by atoms with Crippen molar-refractivity contribution in [1.29, 1.82) is 0 Å². The molecule has 0 fully saturated rings. The van der Waals surface area contributed by atoms with E-state index in [0.29, 0.717) is 18.7 Å². The van der Waals surface area contributed by atoms with Crippen molar-refractivity contribution in [2.45, 2.75) is 13.1 Å². The summed E-state index contributed by atoms with van der Waals surface area (Å²) in [6, 6.07) is 18.7. The lowest BCUT2D eigenvalue weighted by Gasteiger charge is -2.05. The number of hydrogen-bond acceptors (Lipinski definition) is 4. The molecule has 0 aliphatic rings. The summed E-state index contributed by atoms with van der Waals surface area (Å²) in [5.74, 6) is 1.24. The van der Waals surface area contributed by atoms with Crippen LogP contribution in [0.25, 0.3) is 11.3 Å². The van der Waals surface area contributed by atoms with Crippen LogP contribution in [0.15, 0.2) is 65.1 Å². The predicted molar refractivity (Wildman–Crippen MR) is 97.5 cm³/mol. The Hall–Kier alpha value is -2.56. The minimum absolute atomic E-state index is 0.351. The van der Waals surface area contributed by atoms with Gasteiger partial charge in [0.15, 0.2) is 0 Å². The molecular weight excluding hydrogens is 338 g/mol. The van der Waals surface area contributed by atoms with Gasteiger partial charge in [-0.1, -0.05) is 41.9 Å². The number of furan rings is 1. The van der Waals surface area contributed by atoms with Gasteiger partial charge in [-0.05, 0) is 35.9 Å². The van der Waals surface area contributed by atoms with Crippen LogP contribution in [0.2, 0.25) is 5.02 Å². The summed E-state index contributed by atoms with van der Waals surface area (Å²) in [4.78, 5) is 11.5. The summed E-state index contributed by atoms with van der Waals surface area (Å²) < 4.78 is 10.5. The van der Waals surface area contributed by atoms with Gasteiger partial charge in [0, 0.05) is 17.1 Å². The molecule has 0 bridgehead atoms. The minimum atomic E-state index is -0.351. The Labute approximate surface area is 151 Å². The molecule has 1 aromatic heterocycles. The molecule has 0 amide bonds. The second-order valence-electron chi connectivity index (χ2n) is 5.53. The second kappa shape index (κ2) is 8.01. The van der Waals surface area contributed by atoms with E-state index >= 15 is 0 Å². The van der Waals surface area contributed by atoms with E-state index in [2.05, 4.69) is 5.32 Å². The first-order valence-electron chi connectivity index (χ1n) is 7.89. The van der Waals surface area contributed by atoms with Crippen LogP contribution in [0.3, 0.4) is 0 Å². The summed E-state index contributed by atoms with van der Waals surface area (Å²) in [5, 5.41) is 4.07. The van der Waals surface area contributed by atoms with E-state index in [1.54, 1.807) is 12.1 Å². The Balaban J connectivity index is 1.60. The first-order chi connectivity index (χ1) is 12.2. The molecule has 3 rings (SSSR count). The highest BCUT2D eigenvalue weighted by Crippen LogP contribution is 2.23. The van der Waals surface area contributed by atoms with E-state index in [9.17, 15) is 4.79 Å². The van der Waals surface area contributed by atoms with Crippen molar-refractivity contribution < 1.29 is 13.9 Å². The Morgan fingerprint density at radius 2 is 1.80 bits per heavy atom. The molecule has 4 nitrogen and oxygen atoms in total. The molecule has 0 aliphatic carbocycles. The second-order valence-corrected chi connectivity index (χ2v) is 5.94. The van der Waals surface area contributed by atoms with Crippen LogP contribution in [0, 0.1) is 0 Å². The average molecular weight is 356 g/mol. The smallest absolute Gasteiger partial charge is 0.337 e. The zero-order valence-corrected chi connectivity index (χ0v) is 14.5. The molecule has 2 aromatic carbocycles. The number of methoxy groups -OCH3 is 1. The zero-order chi connectivity index (χ0) is 17.6.